The zero-order chi connectivity index (χ0) is 13.9. The molecule has 0 amide bonds. The summed E-state index contributed by atoms with van der Waals surface area (Å²) < 4.78 is 11.3. The van der Waals surface area contributed by atoms with Gasteiger partial charge in [-0.3, -0.25) is 0 Å². The van der Waals surface area contributed by atoms with Gasteiger partial charge in [0.05, 0.1) is 12.0 Å². The molecule has 2 aromatic heterocycles. The van der Waals surface area contributed by atoms with Gasteiger partial charge in [-0.15, -0.1) is 11.8 Å². The zero-order valence-electron chi connectivity index (χ0n) is 10.2. The largest absolute Gasteiger partial charge is 0.459 e. The summed E-state index contributed by atoms with van der Waals surface area (Å²) >= 11 is 4.94. The molecule has 0 unspecified atom stereocenters. The molecule has 0 radical (unpaired) electrons. The van der Waals surface area contributed by atoms with Gasteiger partial charge in [-0.1, -0.05) is 21.1 Å². The average molecular weight is 352 g/mol. The first-order chi connectivity index (χ1) is 9.72. The Labute approximate surface area is 127 Å². The Morgan fingerprint density at radius 2 is 2.20 bits per heavy atom. The maximum atomic E-state index is 5.94. The van der Waals surface area contributed by atoms with Crippen molar-refractivity contribution in [2.45, 2.75) is 10.6 Å². The lowest BCUT2D eigenvalue weighted by molar-refractivity contribution is 0.411. The van der Waals surface area contributed by atoms with Crippen molar-refractivity contribution in [3.63, 3.8) is 0 Å². The van der Waals surface area contributed by atoms with Crippen LogP contribution in [0.15, 0.2) is 54.9 Å². The SMILES string of the molecule is Nc1cc(Br)ccc1SCc1noc(-c2ccco2)n1. The van der Waals surface area contributed by atoms with E-state index in [-0.39, 0.29) is 0 Å². The van der Waals surface area contributed by atoms with Crippen molar-refractivity contribution in [1.29, 1.82) is 0 Å². The minimum absolute atomic E-state index is 0.384. The minimum atomic E-state index is 0.384. The number of hydrogen-bond acceptors (Lipinski definition) is 6. The first-order valence-corrected chi connectivity index (χ1v) is 7.54. The van der Waals surface area contributed by atoms with Crippen molar-refractivity contribution < 1.29 is 8.94 Å². The van der Waals surface area contributed by atoms with Gasteiger partial charge in [-0.05, 0) is 30.3 Å². The van der Waals surface area contributed by atoms with Crippen molar-refractivity contribution in [2.24, 2.45) is 0 Å². The first kappa shape index (κ1) is 13.3. The lowest BCUT2D eigenvalue weighted by atomic mass is 10.3. The molecule has 0 spiro atoms. The predicted octanol–water partition coefficient (Wildman–Crippen LogP) is 3.97. The summed E-state index contributed by atoms with van der Waals surface area (Å²) in [5.74, 6) is 2.13. The smallest absolute Gasteiger partial charge is 0.293 e. The lowest BCUT2D eigenvalue weighted by Crippen LogP contribution is -1.90. The normalized spacial score (nSPS) is 10.8. The maximum Gasteiger partial charge on any atom is 0.293 e. The van der Waals surface area contributed by atoms with Crippen molar-refractivity contribution in [2.75, 3.05) is 5.73 Å². The molecule has 0 bridgehead atoms. The molecule has 0 saturated heterocycles. The van der Waals surface area contributed by atoms with Crippen molar-refractivity contribution in [3.05, 3.63) is 46.9 Å². The van der Waals surface area contributed by atoms with E-state index in [0.29, 0.717) is 23.2 Å². The highest BCUT2D eigenvalue weighted by atomic mass is 79.9. The number of anilines is 1. The Morgan fingerprint density at radius 1 is 1.30 bits per heavy atom. The van der Waals surface area contributed by atoms with Crippen LogP contribution in [0.5, 0.6) is 0 Å². The van der Waals surface area contributed by atoms with Gasteiger partial charge in [-0.2, -0.15) is 4.98 Å². The summed E-state index contributed by atoms with van der Waals surface area (Å²) in [6.45, 7) is 0. The fourth-order valence-electron chi connectivity index (χ4n) is 1.61. The average Bonchev–Trinajstić information content (AvgIpc) is 3.08. The Morgan fingerprint density at radius 3 is 2.95 bits per heavy atom. The maximum absolute atomic E-state index is 5.94. The molecule has 20 heavy (non-hydrogen) atoms. The third kappa shape index (κ3) is 2.88. The Bertz CT molecular complexity index is 712. The molecule has 1 aromatic carbocycles. The van der Waals surface area contributed by atoms with Crippen molar-refractivity contribution >= 4 is 33.4 Å². The Balaban J connectivity index is 1.70. The third-order valence-corrected chi connectivity index (χ3v) is 4.11. The van der Waals surface area contributed by atoms with Crippen LogP contribution in [-0.2, 0) is 5.75 Å². The van der Waals surface area contributed by atoms with Crippen molar-refractivity contribution in [1.82, 2.24) is 10.1 Å². The van der Waals surface area contributed by atoms with E-state index in [1.54, 1.807) is 30.2 Å². The molecule has 102 valence electrons. The molecule has 0 fully saturated rings. The van der Waals surface area contributed by atoms with Gasteiger partial charge in [0.15, 0.2) is 11.6 Å². The number of nitrogens with two attached hydrogens (primary N) is 1. The molecule has 2 N–H and O–H groups in total. The van der Waals surface area contributed by atoms with Gasteiger partial charge in [-0.25, -0.2) is 0 Å². The fraction of sp³-hybridized carbons (Fsp3) is 0.0769. The molecule has 5 nitrogen and oxygen atoms in total. The monoisotopic (exact) mass is 351 g/mol. The van der Waals surface area contributed by atoms with Gasteiger partial charge in [0.1, 0.15) is 0 Å². The second kappa shape index (κ2) is 5.72. The number of hydrogen-bond donors (Lipinski definition) is 1. The molecular formula is C13H10BrN3O2S. The summed E-state index contributed by atoms with van der Waals surface area (Å²) in [6.07, 6.45) is 1.57. The fourth-order valence-corrected chi connectivity index (χ4v) is 2.78. The number of benzene rings is 1. The van der Waals surface area contributed by atoms with Crippen LogP contribution >= 0.6 is 27.7 Å². The number of furan rings is 1. The van der Waals surface area contributed by atoms with Crippen LogP contribution in [0.3, 0.4) is 0 Å². The number of rotatable bonds is 4. The van der Waals surface area contributed by atoms with Gasteiger partial charge in [0.2, 0.25) is 0 Å². The highest BCUT2D eigenvalue weighted by molar-refractivity contribution is 9.10. The molecule has 2 heterocycles. The van der Waals surface area contributed by atoms with E-state index >= 15 is 0 Å². The van der Waals surface area contributed by atoms with E-state index in [9.17, 15) is 0 Å². The summed E-state index contributed by atoms with van der Waals surface area (Å²) in [7, 11) is 0. The number of aromatic nitrogens is 2. The first-order valence-electron chi connectivity index (χ1n) is 5.76. The topological polar surface area (TPSA) is 78.1 Å². The van der Waals surface area contributed by atoms with Crippen LogP contribution in [0.4, 0.5) is 5.69 Å². The molecule has 3 rings (SSSR count). The Kier molecular flexibility index (Phi) is 3.79. The number of nitrogen functional groups attached to an aromatic ring is 1. The third-order valence-electron chi connectivity index (χ3n) is 2.53. The van der Waals surface area contributed by atoms with E-state index in [4.69, 9.17) is 14.7 Å². The lowest BCUT2D eigenvalue weighted by Gasteiger charge is -2.03. The number of nitrogens with zero attached hydrogens (tertiary/aromatic N) is 2. The second-order valence-corrected chi connectivity index (χ2v) is 5.90. The molecule has 0 aliphatic heterocycles. The van der Waals surface area contributed by atoms with E-state index in [2.05, 4.69) is 26.1 Å². The van der Waals surface area contributed by atoms with E-state index in [1.807, 2.05) is 18.2 Å². The predicted molar refractivity (Wildman–Crippen MR) is 80.1 cm³/mol. The van der Waals surface area contributed by atoms with E-state index in [0.717, 1.165) is 15.1 Å². The van der Waals surface area contributed by atoms with Gasteiger partial charge in [0.25, 0.3) is 5.89 Å². The van der Waals surface area contributed by atoms with Gasteiger partial charge in [0, 0.05) is 15.1 Å². The minimum Gasteiger partial charge on any atom is -0.459 e. The van der Waals surface area contributed by atoms with Crippen LogP contribution in [0.25, 0.3) is 11.7 Å². The van der Waals surface area contributed by atoms with Crippen LogP contribution in [-0.4, -0.2) is 10.1 Å². The summed E-state index contributed by atoms with van der Waals surface area (Å²) in [5, 5.41) is 3.92. The van der Waals surface area contributed by atoms with Crippen molar-refractivity contribution in [3.8, 4) is 11.7 Å². The molecule has 0 saturated carbocycles. The highest BCUT2D eigenvalue weighted by Gasteiger charge is 2.11. The summed E-state index contributed by atoms with van der Waals surface area (Å²) in [4.78, 5) is 5.26. The van der Waals surface area contributed by atoms with Crippen LogP contribution in [0.1, 0.15) is 5.82 Å². The second-order valence-electron chi connectivity index (χ2n) is 3.96. The van der Waals surface area contributed by atoms with Crippen LogP contribution in [0.2, 0.25) is 0 Å². The summed E-state index contributed by atoms with van der Waals surface area (Å²) in [5.41, 5.74) is 6.66. The van der Waals surface area contributed by atoms with Gasteiger partial charge >= 0.3 is 0 Å². The molecule has 0 aliphatic carbocycles. The quantitative estimate of drug-likeness (QED) is 0.566. The van der Waals surface area contributed by atoms with E-state index in [1.165, 1.54) is 0 Å². The Hall–Kier alpha value is -1.73. The van der Waals surface area contributed by atoms with Crippen LogP contribution < -0.4 is 5.73 Å². The number of thioether (sulfide) groups is 1. The molecule has 7 heteroatoms. The summed E-state index contributed by atoms with van der Waals surface area (Å²) in [6, 6.07) is 9.32. The van der Waals surface area contributed by atoms with Gasteiger partial charge < -0.3 is 14.7 Å². The molecular weight excluding hydrogens is 342 g/mol. The molecule has 3 aromatic rings. The zero-order valence-corrected chi connectivity index (χ0v) is 12.6. The van der Waals surface area contributed by atoms with Crippen LogP contribution in [0, 0.1) is 0 Å². The standard InChI is InChI=1S/C13H10BrN3O2S/c14-8-3-4-11(9(15)6-8)20-7-12-16-13(19-17-12)10-2-1-5-18-10/h1-6H,7,15H2. The molecule has 0 atom stereocenters. The number of halogens is 1. The molecule has 0 aliphatic rings. The van der Waals surface area contributed by atoms with E-state index < -0.39 is 0 Å². The highest BCUT2D eigenvalue weighted by Crippen LogP contribution is 2.30.